The van der Waals surface area contributed by atoms with Gasteiger partial charge in [-0.05, 0) is 32.4 Å². The zero-order valence-electron chi connectivity index (χ0n) is 15.2. The molecule has 0 radical (unpaired) electrons. The maximum atomic E-state index is 5.22. The predicted molar refractivity (Wildman–Crippen MR) is 105 cm³/mol. The summed E-state index contributed by atoms with van der Waals surface area (Å²) in [5.41, 5.74) is 5.97. The molecular weight excluding hydrogens is 330 g/mol. The Labute approximate surface area is 153 Å². The normalized spacial score (nSPS) is 12.3. The Kier molecular flexibility index (Phi) is 5.56. The van der Waals surface area contributed by atoms with Gasteiger partial charge in [0.2, 0.25) is 0 Å². The number of aromatic nitrogens is 2. The first-order valence-electron chi connectivity index (χ1n) is 8.53. The van der Waals surface area contributed by atoms with Gasteiger partial charge in [0.1, 0.15) is 0 Å². The van der Waals surface area contributed by atoms with Crippen LogP contribution in [0.5, 0.6) is 0 Å². The molecule has 0 fully saturated rings. The average molecular weight is 356 g/mol. The largest absolute Gasteiger partial charge is 0.383 e. The Morgan fingerprint density at radius 2 is 2.00 bits per heavy atom. The summed E-state index contributed by atoms with van der Waals surface area (Å²) in [6.45, 7) is 8.03. The molecule has 1 aromatic carbocycles. The summed E-state index contributed by atoms with van der Waals surface area (Å²) in [6.07, 6.45) is 0. The van der Waals surface area contributed by atoms with E-state index in [0.29, 0.717) is 6.61 Å². The van der Waals surface area contributed by atoms with Crippen molar-refractivity contribution in [2.75, 3.05) is 19.0 Å². The standard InChI is InChI=1S/C20H25N3OS/c1-14-12-18(16(3)23(14)10-11-24-4)19-13-25-20(22-19)21-15(2)17-8-6-5-7-9-17/h5-9,12-13,15H,10-11H2,1-4H3,(H,21,22)/t15-/m0/s1. The molecule has 132 valence electrons. The molecule has 2 aromatic heterocycles. The lowest BCUT2D eigenvalue weighted by Gasteiger charge is -2.12. The van der Waals surface area contributed by atoms with Gasteiger partial charge in [0, 0.05) is 36.0 Å². The van der Waals surface area contributed by atoms with Crippen molar-refractivity contribution in [3.05, 3.63) is 58.7 Å². The third-order valence-electron chi connectivity index (χ3n) is 4.51. The third-order valence-corrected chi connectivity index (χ3v) is 5.29. The Morgan fingerprint density at radius 3 is 2.72 bits per heavy atom. The Balaban J connectivity index is 1.78. The van der Waals surface area contributed by atoms with Crippen molar-refractivity contribution >= 4 is 16.5 Å². The lowest BCUT2D eigenvalue weighted by Crippen LogP contribution is -2.07. The third kappa shape index (κ3) is 3.94. The van der Waals surface area contributed by atoms with Crippen LogP contribution in [0.4, 0.5) is 5.13 Å². The number of nitrogens with zero attached hydrogens (tertiary/aromatic N) is 2. The van der Waals surface area contributed by atoms with Gasteiger partial charge in [0.25, 0.3) is 0 Å². The summed E-state index contributed by atoms with van der Waals surface area (Å²) in [7, 11) is 1.74. The number of benzene rings is 1. The highest BCUT2D eigenvalue weighted by molar-refractivity contribution is 7.14. The van der Waals surface area contributed by atoms with Crippen molar-refractivity contribution in [3.8, 4) is 11.3 Å². The molecule has 0 spiro atoms. The zero-order valence-corrected chi connectivity index (χ0v) is 16.1. The van der Waals surface area contributed by atoms with E-state index in [9.17, 15) is 0 Å². The molecule has 0 aliphatic rings. The van der Waals surface area contributed by atoms with Crippen molar-refractivity contribution in [3.63, 3.8) is 0 Å². The quantitative estimate of drug-likeness (QED) is 0.645. The summed E-state index contributed by atoms with van der Waals surface area (Å²) in [4.78, 5) is 4.80. The number of thiazole rings is 1. The van der Waals surface area contributed by atoms with Crippen LogP contribution in [0.15, 0.2) is 41.8 Å². The zero-order chi connectivity index (χ0) is 17.8. The van der Waals surface area contributed by atoms with Gasteiger partial charge in [-0.25, -0.2) is 4.98 Å². The number of aryl methyl sites for hydroxylation is 1. The van der Waals surface area contributed by atoms with E-state index in [1.807, 2.05) is 6.07 Å². The van der Waals surface area contributed by atoms with Gasteiger partial charge in [0.05, 0.1) is 18.3 Å². The van der Waals surface area contributed by atoms with E-state index < -0.39 is 0 Å². The maximum absolute atomic E-state index is 5.22. The minimum absolute atomic E-state index is 0.231. The molecule has 3 rings (SSSR count). The van der Waals surface area contributed by atoms with Gasteiger partial charge in [-0.2, -0.15) is 0 Å². The Morgan fingerprint density at radius 1 is 1.24 bits per heavy atom. The highest BCUT2D eigenvalue weighted by Crippen LogP contribution is 2.31. The van der Waals surface area contributed by atoms with Gasteiger partial charge < -0.3 is 14.6 Å². The predicted octanol–water partition coefficient (Wildman–Crippen LogP) is 5.05. The summed E-state index contributed by atoms with van der Waals surface area (Å²) in [5.74, 6) is 0. The number of methoxy groups -OCH3 is 1. The second kappa shape index (κ2) is 7.85. The average Bonchev–Trinajstić information content (AvgIpc) is 3.18. The molecule has 5 heteroatoms. The first kappa shape index (κ1) is 17.7. The number of hydrogen-bond acceptors (Lipinski definition) is 4. The van der Waals surface area contributed by atoms with Crippen LogP contribution in [0.3, 0.4) is 0 Å². The van der Waals surface area contributed by atoms with Crippen molar-refractivity contribution in [1.82, 2.24) is 9.55 Å². The van der Waals surface area contributed by atoms with Crippen LogP contribution in [0.1, 0.15) is 29.9 Å². The molecule has 0 saturated heterocycles. The van der Waals surface area contributed by atoms with Crippen LogP contribution < -0.4 is 5.32 Å². The van der Waals surface area contributed by atoms with Gasteiger partial charge in [0.15, 0.2) is 5.13 Å². The topological polar surface area (TPSA) is 39.1 Å². The summed E-state index contributed by atoms with van der Waals surface area (Å²) in [5, 5.41) is 6.58. The molecule has 3 aromatic rings. The van der Waals surface area contributed by atoms with E-state index in [1.165, 1.54) is 22.5 Å². The Hall–Kier alpha value is -2.11. The lowest BCUT2D eigenvalue weighted by atomic mass is 10.1. The summed E-state index contributed by atoms with van der Waals surface area (Å²) in [6, 6.07) is 12.9. The van der Waals surface area contributed by atoms with Crippen molar-refractivity contribution in [2.24, 2.45) is 0 Å². The SMILES string of the molecule is COCCn1c(C)cc(-c2csc(N[C@@H](C)c3ccccc3)n2)c1C. The summed E-state index contributed by atoms with van der Waals surface area (Å²) >= 11 is 1.65. The van der Waals surface area contributed by atoms with Crippen LogP contribution in [-0.2, 0) is 11.3 Å². The van der Waals surface area contributed by atoms with E-state index in [4.69, 9.17) is 9.72 Å². The molecule has 1 N–H and O–H groups in total. The van der Waals surface area contributed by atoms with Crippen LogP contribution in [0, 0.1) is 13.8 Å². The number of ether oxygens (including phenoxy) is 1. The second-order valence-electron chi connectivity index (χ2n) is 6.24. The van der Waals surface area contributed by atoms with E-state index in [2.05, 4.69) is 66.4 Å². The van der Waals surface area contributed by atoms with Crippen LogP contribution >= 0.6 is 11.3 Å². The first-order chi connectivity index (χ1) is 12.1. The van der Waals surface area contributed by atoms with Crippen LogP contribution in [0.25, 0.3) is 11.3 Å². The van der Waals surface area contributed by atoms with E-state index in [1.54, 1.807) is 18.4 Å². The molecule has 0 aliphatic heterocycles. The number of nitrogens with one attached hydrogen (secondary N) is 1. The van der Waals surface area contributed by atoms with E-state index >= 15 is 0 Å². The fourth-order valence-electron chi connectivity index (χ4n) is 3.06. The molecule has 0 amide bonds. The molecule has 4 nitrogen and oxygen atoms in total. The van der Waals surface area contributed by atoms with Gasteiger partial charge in [-0.3, -0.25) is 0 Å². The number of hydrogen-bond donors (Lipinski definition) is 1. The fraction of sp³-hybridized carbons (Fsp3) is 0.350. The molecule has 2 heterocycles. The number of rotatable bonds is 7. The molecule has 0 bridgehead atoms. The Bertz CT molecular complexity index is 823. The van der Waals surface area contributed by atoms with Crippen LogP contribution in [0.2, 0.25) is 0 Å². The monoisotopic (exact) mass is 355 g/mol. The van der Waals surface area contributed by atoms with E-state index in [-0.39, 0.29) is 6.04 Å². The molecule has 0 saturated carbocycles. The molecule has 0 unspecified atom stereocenters. The van der Waals surface area contributed by atoms with Crippen molar-refractivity contribution in [1.29, 1.82) is 0 Å². The van der Waals surface area contributed by atoms with E-state index in [0.717, 1.165) is 17.4 Å². The minimum Gasteiger partial charge on any atom is -0.383 e. The highest BCUT2D eigenvalue weighted by atomic mass is 32.1. The van der Waals surface area contributed by atoms with Crippen molar-refractivity contribution in [2.45, 2.75) is 33.4 Å². The lowest BCUT2D eigenvalue weighted by molar-refractivity contribution is 0.186. The van der Waals surface area contributed by atoms with Gasteiger partial charge in [-0.1, -0.05) is 30.3 Å². The summed E-state index contributed by atoms with van der Waals surface area (Å²) < 4.78 is 7.51. The molecular formula is C20H25N3OS. The first-order valence-corrected chi connectivity index (χ1v) is 9.41. The second-order valence-corrected chi connectivity index (χ2v) is 7.10. The minimum atomic E-state index is 0.231. The maximum Gasteiger partial charge on any atom is 0.183 e. The molecule has 1 atom stereocenters. The number of anilines is 1. The highest BCUT2D eigenvalue weighted by Gasteiger charge is 2.14. The van der Waals surface area contributed by atoms with Gasteiger partial charge in [-0.15, -0.1) is 11.3 Å². The fourth-order valence-corrected chi connectivity index (χ4v) is 3.86. The molecule has 25 heavy (non-hydrogen) atoms. The van der Waals surface area contributed by atoms with Gasteiger partial charge >= 0.3 is 0 Å². The molecule has 0 aliphatic carbocycles. The van der Waals surface area contributed by atoms with Crippen LogP contribution in [-0.4, -0.2) is 23.3 Å². The smallest absolute Gasteiger partial charge is 0.183 e. The van der Waals surface area contributed by atoms with Crippen molar-refractivity contribution < 1.29 is 4.74 Å².